The zero-order valence-electron chi connectivity index (χ0n) is 16.5. The summed E-state index contributed by atoms with van der Waals surface area (Å²) in [4.78, 5) is 14.7. The van der Waals surface area contributed by atoms with Crippen molar-refractivity contribution in [2.75, 3.05) is 10.2 Å². The quantitative estimate of drug-likeness (QED) is 0.470. The molecule has 2 unspecified atom stereocenters. The van der Waals surface area contributed by atoms with Gasteiger partial charge in [0, 0.05) is 27.3 Å². The highest BCUT2D eigenvalue weighted by Crippen LogP contribution is 2.39. The monoisotopic (exact) mass is 440 g/mol. The predicted octanol–water partition coefficient (Wildman–Crippen LogP) is 7.08. The van der Waals surface area contributed by atoms with Crippen LogP contribution in [0.1, 0.15) is 30.5 Å². The third kappa shape index (κ3) is 4.40. The highest BCUT2D eigenvalue weighted by atomic mass is 35.5. The summed E-state index contributed by atoms with van der Waals surface area (Å²) in [6, 6.07) is 23.3. The van der Waals surface area contributed by atoms with Gasteiger partial charge in [-0.15, -0.1) is 0 Å². The highest BCUT2D eigenvalue weighted by Gasteiger charge is 2.34. The van der Waals surface area contributed by atoms with Crippen LogP contribution >= 0.6 is 23.2 Å². The molecule has 0 saturated carbocycles. The fourth-order valence-electron chi connectivity index (χ4n) is 3.81. The van der Waals surface area contributed by atoms with Gasteiger partial charge >= 0.3 is 6.09 Å². The van der Waals surface area contributed by atoms with Crippen molar-refractivity contribution >= 4 is 40.7 Å². The van der Waals surface area contributed by atoms with E-state index in [0.29, 0.717) is 10.0 Å². The topological polar surface area (TPSA) is 41.6 Å². The minimum absolute atomic E-state index is 0.0331. The van der Waals surface area contributed by atoms with Gasteiger partial charge in [-0.25, -0.2) is 4.79 Å². The van der Waals surface area contributed by atoms with Gasteiger partial charge < -0.3 is 10.1 Å². The predicted molar refractivity (Wildman–Crippen MR) is 122 cm³/mol. The van der Waals surface area contributed by atoms with Gasteiger partial charge in [0.05, 0.1) is 11.7 Å². The van der Waals surface area contributed by atoms with Crippen LogP contribution in [0.5, 0.6) is 0 Å². The third-order valence-electron chi connectivity index (χ3n) is 5.27. The summed E-state index contributed by atoms with van der Waals surface area (Å²) in [5.74, 6) is 0. The highest BCUT2D eigenvalue weighted by molar-refractivity contribution is 6.35. The molecular formula is C24H22Cl2N2O2. The number of anilines is 2. The van der Waals surface area contributed by atoms with Crippen molar-refractivity contribution in [3.8, 4) is 0 Å². The first-order valence-corrected chi connectivity index (χ1v) is 10.6. The van der Waals surface area contributed by atoms with Crippen LogP contribution in [0, 0.1) is 0 Å². The molecule has 0 spiro atoms. The number of para-hydroxylation sites is 2. The van der Waals surface area contributed by atoms with Crippen molar-refractivity contribution < 1.29 is 9.53 Å². The Bertz CT molecular complexity index is 1040. The number of nitrogens with one attached hydrogen (secondary N) is 1. The van der Waals surface area contributed by atoms with Crippen LogP contribution in [0.2, 0.25) is 10.0 Å². The molecule has 0 radical (unpaired) electrons. The Morgan fingerprint density at radius 3 is 2.57 bits per heavy atom. The van der Waals surface area contributed by atoms with E-state index in [1.165, 1.54) is 0 Å². The van der Waals surface area contributed by atoms with E-state index in [9.17, 15) is 4.79 Å². The lowest BCUT2D eigenvalue weighted by atomic mass is 9.92. The molecule has 1 aliphatic rings. The van der Waals surface area contributed by atoms with E-state index < -0.39 is 0 Å². The normalized spacial score (nSPS) is 17.9. The van der Waals surface area contributed by atoms with Crippen LogP contribution < -0.4 is 10.2 Å². The molecule has 6 heteroatoms. The molecule has 1 N–H and O–H groups in total. The van der Waals surface area contributed by atoms with Gasteiger partial charge in [0.15, 0.2) is 0 Å². The second kappa shape index (κ2) is 8.99. The molecule has 0 fully saturated rings. The molecule has 4 rings (SSSR count). The second-order valence-electron chi connectivity index (χ2n) is 7.37. The first kappa shape index (κ1) is 20.6. The average Bonchev–Trinajstić information content (AvgIpc) is 2.74. The number of hydrogen-bond acceptors (Lipinski definition) is 3. The lowest BCUT2D eigenvalue weighted by Crippen LogP contribution is -2.44. The Kier molecular flexibility index (Phi) is 6.16. The largest absolute Gasteiger partial charge is 0.444 e. The van der Waals surface area contributed by atoms with Crippen molar-refractivity contribution in [2.24, 2.45) is 0 Å². The number of hydrogen-bond donors (Lipinski definition) is 1. The molecule has 0 bridgehead atoms. The summed E-state index contributed by atoms with van der Waals surface area (Å²) in [6.45, 7) is 2.12. The number of amides is 1. The van der Waals surface area contributed by atoms with E-state index in [2.05, 4.69) is 11.4 Å². The van der Waals surface area contributed by atoms with Crippen molar-refractivity contribution in [1.29, 1.82) is 0 Å². The minimum Gasteiger partial charge on any atom is -0.444 e. The summed E-state index contributed by atoms with van der Waals surface area (Å²) < 4.78 is 5.61. The number of halogens is 2. The molecule has 4 nitrogen and oxygen atoms in total. The first-order valence-electron chi connectivity index (χ1n) is 9.83. The van der Waals surface area contributed by atoms with Crippen LogP contribution in [-0.2, 0) is 11.3 Å². The van der Waals surface area contributed by atoms with Crippen molar-refractivity contribution in [1.82, 2.24) is 0 Å². The van der Waals surface area contributed by atoms with Gasteiger partial charge in [-0.1, -0.05) is 65.7 Å². The van der Waals surface area contributed by atoms with Gasteiger partial charge in [-0.3, -0.25) is 4.90 Å². The standard InChI is InChI=1S/C24H22Cl2N2O2/c1-16-13-22(27-19-7-3-2-4-8-19)20-9-5-6-10-23(20)28(16)24(29)30-15-17-11-12-18(25)14-21(17)26/h2-12,14,16,22,27H,13,15H2,1H3. The number of benzene rings is 3. The fourth-order valence-corrected chi connectivity index (χ4v) is 4.27. The Balaban J connectivity index is 1.54. The number of ether oxygens (including phenoxy) is 1. The van der Waals surface area contributed by atoms with Crippen molar-refractivity contribution in [2.45, 2.75) is 32.0 Å². The molecule has 1 amide bonds. The number of carbonyl (C=O) groups is 1. The zero-order valence-corrected chi connectivity index (χ0v) is 18.0. The zero-order chi connectivity index (χ0) is 21.1. The molecule has 1 aliphatic heterocycles. The van der Waals surface area contributed by atoms with E-state index in [-0.39, 0.29) is 24.8 Å². The SMILES string of the molecule is CC1CC(Nc2ccccc2)c2ccccc2N1C(=O)OCc1ccc(Cl)cc1Cl. The maximum absolute atomic E-state index is 13.0. The van der Waals surface area contributed by atoms with E-state index in [0.717, 1.165) is 28.9 Å². The third-order valence-corrected chi connectivity index (χ3v) is 5.85. The van der Waals surface area contributed by atoms with E-state index in [1.54, 1.807) is 23.1 Å². The number of carbonyl (C=O) groups excluding carboxylic acids is 1. The summed E-state index contributed by atoms with van der Waals surface area (Å²) in [5, 5.41) is 4.62. The molecule has 30 heavy (non-hydrogen) atoms. The smallest absolute Gasteiger partial charge is 0.414 e. The molecule has 3 aromatic carbocycles. The molecule has 0 aliphatic carbocycles. The Morgan fingerprint density at radius 1 is 1.07 bits per heavy atom. The van der Waals surface area contributed by atoms with Crippen LogP contribution in [0.15, 0.2) is 72.8 Å². The lowest BCUT2D eigenvalue weighted by Gasteiger charge is -2.39. The van der Waals surface area contributed by atoms with Crippen molar-refractivity contribution in [3.05, 3.63) is 94.0 Å². The summed E-state index contributed by atoms with van der Waals surface area (Å²) >= 11 is 12.1. The molecule has 0 saturated heterocycles. The average molecular weight is 441 g/mol. The number of nitrogens with zero attached hydrogens (tertiary/aromatic N) is 1. The molecule has 0 aromatic heterocycles. The lowest BCUT2D eigenvalue weighted by molar-refractivity contribution is 0.144. The molecule has 154 valence electrons. The van der Waals surface area contributed by atoms with E-state index in [1.807, 2.05) is 55.5 Å². The van der Waals surface area contributed by atoms with Gasteiger partial charge in [0.2, 0.25) is 0 Å². The summed E-state index contributed by atoms with van der Waals surface area (Å²) in [6.07, 6.45) is 0.377. The molecular weight excluding hydrogens is 419 g/mol. The molecule has 2 atom stereocenters. The number of fused-ring (bicyclic) bond motifs is 1. The van der Waals surface area contributed by atoms with Gasteiger partial charge in [0.1, 0.15) is 6.61 Å². The Hall–Kier alpha value is -2.69. The van der Waals surface area contributed by atoms with Crippen LogP contribution in [0.4, 0.5) is 16.2 Å². The van der Waals surface area contributed by atoms with Crippen LogP contribution in [0.3, 0.4) is 0 Å². The Morgan fingerprint density at radius 2 is 1.80 bits per heavy atom. The summed E-state index contributed by atoms with van der Waals surface area (Å²) in [7, 11) is 0. The van der Waals surface area contributed by atoms with Gasteiger partial charge in [-0.05, 0) is 49.2 Å². The summed E-state index contributed by atoms with van der Waals surface area (Å²) in [5.41, 5.74) is 3.70. The van der Waals surface area contributed by atoms with Gasteiger partial charge in [-0.2, -0.15) is 0 Å². The maximum Gasteiger partial charge on any atom is 0.414 e. The van der Waals surface area contributed by atoms with E-state index >= 15 is 0 Å². The van der Waals surface area contributed by atoms with Crippen LogP contribution in [-0.4, -0.2) is 12.1 Å². The minimum atomic E-state index is -0.390. The van der Waals surface area contributed by atoms with Crippen LogP contribution in [0.25, 0.3) is 0 Å². The maximum atomic E-state index is 13.0. The van der Waals surface area contributed by atoms with Crippen molar-refractivity contribution in [3.63, 3.8) is 0 Å². The first-order chi connectivity index (χ1) is 14.5. The number of rotatable bonds is 4. The molecule has 3 aromatic rings. The Labute approximate surface area is 186 Å². The second-order valence-corrected chi connectivity index (χ2v) is 8.21. The van der Waals surface area contributed by atoms with E-state index in [4.69, 9.17) is 27.9 Å². The molecule has 1 heterocycles. The van der Waals surface area contributed by atoms with Gasteiger partial charge in [0.25, 0.3) is 0 Å². The fraction of sp³-hybridized carbons (Fsp3) is 0.208.